The van der Waals surface area contributed by atoms with Gasteiger partial charge in [0, 0.05) is 17.1 Å². The van der Waals surface area contributed by atoms with Crippen molar-refractivity contribution in [1.29, 1.82) is 0 Å². The fourth-order valence-electron chi connectivity index (χ4n) is 2.03. The number of rotatable bonds is 4. The third-order valence-corrected chi connectivity index (χ3v) is 3.03. The number of aromatic nitrogens is 1. The highest BCUT2D eigenvalue weighted by atomic mass is 16.5. The van der Waals surface area contributed by atoms with Crippen molar-refractivity contribution in [2.75, 3.05) is 13.7 Å². The average molecular weight is 230 g/mol. The van der Waals surface area contributed by atoms with Crippen LogP contribution in [0.25, 0.3) is 10.9 Å². The van der Waals surface area contributed by atoms with Crippen LogP contribution in [0.4, 0.5) is 0 Å². The predicted octanol–water partition coefficient (Wildman–Crippen LogP) is 2.38. The number of nitrogens with zero attached hydrogens (tertiary/aromatic N) is 1. The minimum absolute atomic E-state index is 0.440. The zero-order chi connectivity index (χ0) is 12.3. The number of methoxy groups -OCH3 is 1. The molecule has 3 heteroatoms. The summed E-state index contributed by atoms with van der Waals surface area (Å²) in [5.74, 6) is 1.36. The van der Waals surface area contributed by atoms with Gasteiger partial charge < -0.3 is 10.5 Å². The lowest BCUT2D eigenvalue weighted by molar-refractivity contribution is 0.407. The summed E-state index contributed by atoms with van der Waals surface area (Å²) in [6, 6.07) is 8.01. The molecular weight excluding hydrogens is 212 g/mol. The zero-order valence-corrected chi connectivity index (χ0v) is 10.3. The fourth-order valence-corrected chi connectivity index (χ4v) is 2.03. The van der Waals surface area contributed by atoms with E-state index in [-0.39, 0.29) is 0 Å². The molecule has 2 rings (SSSR count). The Morgan fingerprint density at radius 1 is 1.35 bits per heavy atom. The van der Waals surface area contributed by atoms with Crippen molar-refractivity contribution in [3.8, 4) is 5.75 Å². The maximum atomic E-state index is 5.70. The molecule has 0 amide bonds. The lowest BCUT2D eigenvalue weighted by Gasteiger charge is -2.14. The second-order valence-electron chi connectivity index (χ2n) is 4.36. The van der Waals surface area contributed by atoms with Gasteiger partial charge in [-0.2, -0.15) is 0 Å². The van der Waals surface area contributed by atoms with E-state index in [1.165, 1.54) is 5.56 Å². The molecule has 1 aromatic heterocycles. The van der Waals surface area contributed by atoms with Gasteiger partial charge in [-0.3, -0.25) is 4.98 Å². The molecule has 0 saturated heterocycles. The van der Waals surface area contributed by atoms with Crippen molar-refractivity contribution in [1.82, 2.24) is 4.98 Å². The van der Waals surface area contributed by atoms with Gasteiger partial charge in [0.15, 0.2) is 0 Å². The molecule has 2 N–H and O–H groups in total. The van der Waals surface area contributed by atoms with Crippen LogP contribution < -0.4 is 10.5 Å². The minimum atomic E-state index is 0.440. The largest absolute Gasteiger partial charge is 0.496 e. The molecular formula is C14H18N2O. The molecule has 0 aliphatic carbocycles. The van der Waals surface area contributed by atoms with Crippen LogP contribution in [0, 0.1) is 5.92 Å². The van der Waals surface area contributed by atoms with E-state index >= 15 is 0 Å². The Labute approximate surface area is 102 Å². The third-order valence-electron chi connectivity index (χ3n) is 3.03. The molecule has 0 bridgehead atoms. The molecule has 0 fully saturated rings. The molecule has 0 saturated carbocycles. The predicted molar refractivity (Wildman–Crippen MR) is 70.2 cm³/mol. The summed E-state index contributed by atoms with van der Waals surface area (Å²) >= 11 is 0. The Bertz CT molecular complexity index is 511. The molecule has 2 aromatic rings. The SMILES string of the molecule is COc1ccc2ncccc2c1CC(C)CN. The van der Waals surface area contributed by atoms with Crippen molar-refractivity contribution in [2.24, 2.45) is 11.7 Å². The van der Waals surface area contributed by atoms with Crippen LogP contribution >= 0.6 is 0 Å². The van der Waals surface area contributed by atoms with Crippen LogP contribution in [0.2, 0.25) is 0 Å². The highest BCUT2D eigenvalue weighted by Gasteiger charge is 2.11. The van der Waals surface area contributed by atoms with Gasteiger partial charge >= 0.3 is 0 Å². The maximum absolute atomic E-state index is 5.70. The Morgan fingerprint density at radius 2 is 2.18 bits per heavy atom. The standard InChI is InChI=1S/C14H18N2O/c1-10(9-15)8-12-11-4-3-7-16-13(11)5-6-14(12)17-2/h3-7,10H,8-9,15H2,1-2H3. The van der Waals surface area contributed by atoms with E-state index in [1.807, 2.05) is 24.4 Å². The number of pyridine rings is 1. The first kappa shape index (κ1) is 11.9. The molecule has 0 aliphatic rings. The van der Waals surface area contributed by atoms with Gasteiger partial charge in [0.05, 0.1) is 12.6 Å². The van der Waals surface area contributed by atoms with E-state index in [0.717, 1.165) is 23.1 Å². The summed E-state index contributed by atoms with van der Waals surface area (Å²) in [5.41, 5.74) is 7.91. The molecule has 0 radical (unpaired) electrons. The van der Waals surface area contributed by atoms with E-state index in [2.05, 4.69) is 18.0 Å². The number of nitrogens with two attached hydrogens (primary N) is 1. The van der Waals surface area contributed by atoms with E-state index < -0.39 is 0 Å². The van der Waals surface area contributed by atoms with Crippen LogP contribution in [0.1, 0.15) is 12.5 Å². The molecule has 1 atom stereocenters. The number of hydrogen-bond donors (Lipinski definition) is 1. The van der Waals surface area contributed by atoms with Crippen LogP contribution in [0.5, 0.6) is 5.75 Å². The number of ether oxygens (including phenoxy) is 1. The van der Waals surface area contributed by atoms with E-state index in [9.17, 15) is 0 Å². The lowest BCUT2D eigenvalue weighted by atomic mass is 9.96. The molecule has 0 aliphatic heterocycles. The van der Waals surface area contributed by atoms with Gasteiger partial charge in [-0.05, 0) is 37.1 Å². The van der Waals surface area contributed by atoms with Gasteiger partial charge in [-0.25, -0.2) is 0 Å². The molecule has 3 nitrogen and oxygen atoms in total. The Hall–Kier alpha value is -1.61. The van der Waals surface area contributed by atoms with Gasteiger partial charge in [0.1, 0.15) is 5.75 Å². The minimum Gasteiger partial charge on any atom is -0.496 e. The topological polar surface area (TPSA) is 48.1 Å². The molecule has 17 heavy (non-hydrogen) atoms. The summed E-state index contributed by atoms with van der Waals surface area (Å²) < 4.78 is 5.43. The first-order valence-electron chi connectivity index (χ1n) is 5.87. The first-order chi connectivity index (χ1) is 8.26. The van der Waals surface area contributed by atoms with Crippen LogP contribution in [-0.2, 0) is 6.42 Å². The smallest absolute Gasteiger partial charge is 0.122 e. The molecule has 1 unspecified atom stereocenters. The highest BCUT2D eigenvalue weighted by molar-refractivity contribution is 5.84. The average Bonchev–Trinajstić information content (AvgIpc) is 2.39. The van der Waals surface area contributed by atoms with Crippen LogP contribution in [0.15, 0.2) is 30.5 Å². The summed E-state index contributed by atoms with van der Waals surface area (Å²) in [4.78, 5) is 4.36. The Kier molecular flexibility index (Phi) is 3.59. The zero-order valence-electron chi connectivity index (χ0n) is 10.3. The van der Waals surface area contributed by atoms with Crippen molar-refractivity contribution < 1.29 is 4.74 Å². The first-order valence-corrected chi connectivity index (χ1v) is 5.87. The van der Waals surface area contributed by atoms with Crippen LogP contribution in [-0.4, -0.2) is 18.6 Å². The Morgan fingerprint density at radius 3 is 2.88 bits per heavy atom. The molecule has 0 spiro atoms. The molecule has 90 valence electrons. The highest BCUT2D eigenvalue weighted by Crippen LogP contribution is 2.28. The van der Waals surface area contributed by atoms with Gasteiger partial charge in [-0.15, -0.1) is 0 Å². The van der Waals surface area contributed by atoms with Crippen molar-refractivity contribution >= 4 is 10.9 Å². The summed E-state index contributed by atoms with van der Waals surface area (Å²) in [6.45, 7) is 2.83. The van der Waals surface area contributed by atoms with Gasteiger partial charge in [0.25, 0.3) is 0 Å². The number of hydrogen-bond acceptors (Lipinski definition) is 3. The number of benzene rings is 1. The second kappa shape index (κ2) is 5.15. The van der Waals surface area contributed by atoms with Gasteiger partial charge in [0.2, 0.25) is 0 Å². The van der Waals surface area contributed by atoms with Crippen molar-refractivity contribution in [2.45, 2.75) is 13.3 Å². The monoisotopic (exact) mass is 230 g/mol. The van der Waals surface area contributed by atoms with Crippen LogP contribution in [0.3, 0.4) is 0 Å². The molecule has 1 aromatic carbocycles. The second-order valence-corrected chi connectivity index (χ2v) is 4.36. The van der Waals surface area contributed by atoms with E-state index in [4.69, 9.17) is 10.5 Å². The third kappa shape index (κ3) is 2.39. The summed E-state index contributed by atoms with van der Waals surface area (Å²) in [7, 11) is 1.70. The Balaban J connectivity index is 2.54. The maximum Gasteiger partial charge on any atom is 0.122 e. The fraction of sp³-hybridized carbons (Fsp3) is 0.357. The summed E-state index contributed by atoms with van der Waals surface area (Å²) in [5, 5.41) is 1.16. The van der Waals surface area contributed by atoms with Crippen molar-refractivity contribution in [3.63, 3.8) is 0 Å². The van der Waals surface area contributed by atoms with Crippen molar-refractivity contribution in [3.05, 3.63) is 36.0 Å². The molecule has 1 heterocycles. The number of fused-ring (bicyclic) bond motifs is 1. The van der Waals surface area contributed by atoms with E-state index in [0.29, 0.717) is 12.5 Å². The van der Waals surface area contributed by atoms with Gasteiger partial charge in [-0.1, -0.05) is 13.0 Å². The quantitative estimate of drug-likeness (QED) is 0.877. The normalized spacial score (nSPS) is 12.6. The summed E-state index contributed by atoms with van der Waals surface area (Å²) in [6.07, 6.45) is 2.73. The lowest BCUT2D eigenvalue weighted by Crippen LogP contribution is -2.13. The van der Waals surface area contributed by atoms with E-state index in [1.54, 1.807) is 7.11 Å².